The highest BCUT2D eigenvalue weighted by molar-refractivity contribution is 9.10. The van der Waals surface area contributed by atoms with Crippen molar-refractivity contribution in [2.45, 2.75) is 19.9 Å². The maximum Gasteiger partial charge on any atom is 0.338 e. The Morgan fingerprint density at radius 3 is 2.55 bits per heavy atom. The second-order valence-electron chi connectivity index (χ2n) is 6.91. The van der Waals surface area contributed by atoms with Crippen LogP contribution in [0.5, 0.6) is 0 Å². The van der Waals surface area contributed by atoms with Gasteiger partial charge in [-0.1, -0.05) is 63.1 Å². The molecule has 0 radical (unpaired) electrons. The number of hydrogen-bond donors (Lipinski definition) is 0. The molecule has 0 saturated heterocycles. The number of thiazole rings is 1. The minimum absolute atomic E-state index is 0.207. The quantitative estimate of drug-likeness (QED) is 0.487. The first-order valence-electron chi connectivity index (χ1n) is 9.59. The number of esters is 1. The van der Waals surface area contributed by atoms with Gasteiger partial charge in [-0.3, -0.25) is 9.36 Å². The topological polar surface area (TPSA) is 60.7 Å². The van der Waals surface area contributed by atoms with E-state index in [0.717, 1.165) is 15.6 Å². The summed E-state index contributed by atoms with van der Waals surface area (Å²) in [7, 11) is 0. The fourth-order valence-electron chi connectivity index (χ4n) is 3.46. The van der Waals surface area contributed by atoms with Crippen LogP contribution in [0, 0.1) is 0 Å². The number of benzene rings is 2. The number of nitrogens with zero attached hydrogens (tertiary/aromatic N) is 2. The average Bonchev–Trinajstić information content (AvgIpc) is 3.04. The van der Waals surface area contributed by atoms with Crippen molar-refractivity contribution in [1.82, 2.24) is 4.57 Å². The molecule has 0 fully saturated rings. The second-order valence-corrected chi connectivity index (χ2v) is 9.27. The monoisotopic (exact) mass is 516 g/mol. The van der Waals surface area contributed by atoms with Crippen LogP contribution in [-0.4, -0.2) is 17.1 Å². The van der Waals surface area contributed by atoms with E-state index < -0.39 is 12.0 Å². The maximum atomic E-state index is 13.4. The van der Waals surface area contributed by atoms with Gasteiger partial charge in [0.1, 0.15) is 0 Å². The van der Waals surface area contributed by atoms with E-state index in [1.807, 2.05) is 42.5 Å². The van der Waals surface area contributed by atoms with E-state index >= 15 is 0 Å². The molecule has 0 spiro atoms. The summed E-state index contributed by atoms with van der Waals surface area (Å²) in [5.74, 6) is -0.481. The predicted octanol–water partition coefficient (Wildman–Crippen LogP) is 4.21. The predicted molar refractivity (Wildman–Crippen MR) is 126 cm³/mol. The van der Waals surface area contributed by atoms with Crippen molar-refractivity contribution in [3.05, 3.63) is 100 Å². The van der Waals surface area contributed by atoms with Crippen molar-refractivity contribution in [3.8, 4) is 0 Å². The number of allylic oxidation sites excluding steroid dienone is 1. The Morgan fingerprint density at radius 2 is 1.90 bits per heavy atom. The lowest BCUT2D eigenvalue weighted by Crippen LogP contribution is -2.39. The van der Waals surface area contributed by atoms with Gasteiger partial charge < -0.3 is 4.74 Å². The Hall–Kier alpha value is -2.48. The number of rotatable bonds is 4. The Labute approximate surface area is 196 Å². The highest BCUT2D eigenvalue weighted by Gasteiger charge is 2.33. The Bertz CT molecular complexity index is 1360. The summed E-state index contributed by atoms with van der Waals surface area (Å²) < 4.78 is 8.36. The van der Waals surface area contributed by atoms with Crippen molar-refractivity contribution in [1.29, 1.82) is 0 Å². The summed E-state index contributed by atoms with van der Waals surface area (Å²) in [6.45, 7) is 3.75. The molecular formula is C23H18BrClN2O3S. The van der Waals surface area contributed by atoms with E-state index in [9.17, 15) is 9.59 Å². The number of aromatic nitrogens is 1. The van der Waals surface area contributed by atoms with Gasteiger partial charge in [-0.2, -0.15) is 0 Å². The molecular weight excluding hydrogens is 500 g/mol. The molecule has 4 rings (SSSR count). The zero-order valence-corrected chi connectivity index (χ0v) is 19.9. The number of carbonyl (C=O) groups is 1. The van der Waals surface area contributed by atoms with Crippen LogP contribution in [0.2, 0.25) is 5.02 Å². The summed E-state index contributed by atoms with van der Waals surface area (Å²) >= 11 is 10.8. The molecule has 5 nitrogen and oxygen atoms in total. The molecule has 3 aromatic rings. The standard InChI is InChI=1S/C23H18BrClN2O3S/c1-3-30-22(29)19-13(2)26-23-27(20(19)15-6-10-17(25)11-7-15)21(28)18(31-23)12-14-4-8-16(24)9-5-14/h4-12,20H,3H2,1-2H3/b18-12-/t20-/m1/s1. The van der Waals surface area contributed by atoms with Gasteiger partial charge in [0.2, 0.25) is 0 Å². The van der Waals surface area contributed by atoms with Gasteiger partial charge in [0.25, 0.3) is 5.56 Å². The number of halogens is 2. The van der Waals surface area contributed by atoms with Crippen molar-refractivity contribution in [2.75, 3.05) is 6.61 Å². The SMILES string of the molecule is CCOC(=O)C1=C(C)N=c2s/c(=C\c3ccc(Br)cc3)c(=O)n2[C@@H]1c1ccc(Cl)cc1. The highest BCUT2D eigenvalue weighted by atomic mass is 79.9. The van der Waals surface area contributed by atoms with Crippen LogP contribution in [0.25, 0.3) is 6.08 Å². The lowest BCUT2D eigenvalue weighted by molar-refractivity contribution is -0.139. The van der Waals surface area contributed by atoms with Crippen molar-refractivity contribution in [2.24, 2.45) is 4.99 Å². The summed E-state index contributed by atoms with van der Waals surface area (Å²) in [5.41, 5.74) is 2.35. The van der Waals surface area contributed by atoms with Crippen LogP contribution in [0.3, 0.4) is 0 Å². The molecule has 0 N–H and O–H groups in total. The molecule has 0 saturated carbocycles. The average molecular weight is 518 g/mol. The summed E-state index contributed by atoms with van der Waals surface area (Å²) in [4.78, 5) is 31.4. The first-order valence-corrected chi connectivity index (χ1v) is 11.6. The number of fused-ring (bicyclic) bond motifs is 1. The minimum Gasteiger partial charge on any atom is -0.463 e. The molecule has 158 valence electrons. The van der Waals surface area contributed by atoms with Crippen LogP contribution in [0.1, 0.15) is 31.0 Å². The molecule has 1 atom stereocenters. The molecule has 1 aromatic heterocycles. The number of hydrogen-bond acceptors (Lipinski definition) is 5. The molecule has 31 heavy (non-hydrogen) atoms. The van der Waals surface area contributed by atoms with Crippen LogP contribution < -0.4 is 14.9 Å². The zero-order chi connectivity index (χ0) is 22.1. The van der Waals surface area contributed by atoms with Crippen molar-refractivity contribution < 1.29 is 9.53 Å². The first-order chi connectivity index (χ1) is 14.9. The fraction of sp³-hybridized carbons (Fsp3) is 0.174. The Kier molecular flexibility index (Phi) is 6.27. The van der Waals surface area contributed by atoms with Gasteiger partial charge in [-0.25, -0.2) is 9.79 Å². The molecule has 0 bridgehead atoms. The molecule has 0 aliphatic carbocycles. The van der Waals surface area contributed by atoms with Gasteiger partial charge in [0, 0.05) is 9.50 Å². The molecule has 1 aliphatic heterocycles. The van der Waals surface area contributed by atoms with E-state index in [0.29, 0.717) is 25.6 Å². The fourth-order valence-corrected chi connectivity index (χ4v) is 4.90. The summed E-state index contributed by atoms with van der Waals surface area (Å²) in [6.07, 6.45) is 1.83. The molecule has 2 aromatic carbocycles. The smallest absolute Gasteiger partial charge is 0.338 e. The number of carbonyl (C=O) groups excluding carboxylic acids is 1. The minimum atomic E-state index is -0.639. The van der Waals surface area contributed by atoms with E-state index in [4.69, 9.17) is 16.3 Å². The lowest BCUT2D eigenvalue weighted by Gasteiger charge is -2.24. The Balaban J connectivity index is 1.94. The molecule has 1 aliphatic rings. The van der Waals surface area contributed by atoms with Gasteiger partial charge >= 0.3 is 5.97 Å². The van der Waals surface area contributed by atoms with Crippen LogP contribution >= 0.6 is 38.9 Å². The Morgan fingerprint density at radius 1 is 1.23 bits per heavy atom. The largest absolute Gasteiger partial charge is 0.463 e. The van der Waals surface area contributed by atoms with Crippen molar-refractivity contribution >= 4 is 50.9 Å². The normalized spacial score (nSPS) is 16.1. The maximum absolute atomic E-state index is 13.4. The molecule has 0 amide bonds. The summed E-state index contributed by atoms with van der Waals surface area (Å²) in [5, 5.41) is 0.574. The van der Waals surface area contributed by atoms with E-state index in [2.05, 4.69) is 20.9 Å². The van der Waals surface area contributed by atoms with Gasteiger partial charge in [0.05, 0.1) is 28.5 Å². The van der Waals surface area contributed by atoms with E-state index in [1.165, 1.54) is 11.3 Å². The van der Waals surface area contributed by atoms with Crippen LogP contribution in [0.15, 0.2) is 74.1 Å². The second kappa shape index (κ2) is 8.94. The van der Waals surface area contributed by atoms with Crippen LogP contribution in [0.4, 0.5) is 0 Å². The van der Waals surface area contributed by atoms with Gasteiger partial charge in [0.15, 0.2) is 4.80 Å². The third kappa shape index (κ3) is 4.31. The van der Waals surface area contributed by atoms with Crippen molar-refractivity contribution in [3.63, 3.8) is 0 Å². The van der Waals surface area contributed by atoms with E-state index in [1.54, 1.807) is 30.5 Å². The van der Waals surface area contributed by atoms with E-state index in [-0.39, 0.29) is 12.2 Å². The number of ether oxygens (including phenoxy) is 1. The zero-order valence-electron chi connectivity index (χ0n) is 16.8. The third-order valence-corrected chi connectivity index (χ3v) is 6.63. The molecule has 2 heterocycles. The van der Waals surface area contributed by atoms with Gasteiger partial charge in [-0.15, -0.1) is 0 Å². The summed E-state index contributed by atoms with van der Waals surface area (Å²) in [6, 6.07) is 14.2. The first kappa shape index (κ1) is 21.7. The molecule has 0 unspecified atom stereocenters. The highest BCUT2D eigenvalue weighted by Crippen LogP contribution is 2.31. The third-order valence-electron chi connectivity index (χ3n) is 4.87. The molecule has 8 heteroatoms. The van der Waals surface area contributed by atoms with Crippen LogP contribution in [-0.2, 0) is 9.53 Å². The van der Waals surface area contributed by atoms with Gasteiger partial charge in [-0.05, 0) is 55.3 Å². The lowest BCUT2D eigenvalue weighted by atomic mass is 9.96.